The van der Waals surface area contributed by atoms with Crippen LogP contribution in [-0.2, 0) is 6.54 Å². The Morgan fingerprint density at radius 1 is 1.19 bits per heavy atom. The third-order valence-corrected chi connectivity index (χ3v) is 5.20. The fourth-order valence-electron chi connectivity index (χ4n) is 4.16. The van der Waals surface area contributed by atoms with Crippen molar-refractivity contribution < 1.29 is 18.3 Å². The monoisotopic (exact) mass is 382 g/mol. The van der Waals surface area contributed by atoms with Gasteiger partial charge in [0.05, 0.1) is 0 Å². The Morgan fingerprint density at radius 3 is 2.88 bits per heavy atom. The molecule has 1 aromatic heterocycles. The topological polar surface area (TPSA) is 52.5 Å². The zero-order chi connectivity index (χ0) is 17.2. The molecule has 8 heteroatoms. The predicted molar refractivity (Wildman–Crippen MR) is 93.3 cm³/mol. The number of halogens is 3. The lowest BCUT2D eigenvalue weighted by molar-refractivity contribution is -0.286. The standard InChI is InChI=1S/C18H16F2N2O3.ClH/c19-18(20)24-15-3-1-2-13(17(15)25-18)11-5-14-12-4-10(7-21-8-12)9-22(14)16(23)6-11;/h1-3,5-6,10,12,21H,4,7-9H2;1H/t10-,12+;/m0./s1. The molecule has 2 atom stereocenters. The van der Waals surface area contributed by atoms with E-state index in [1.165, 1.54) is 12.1 Å². The molecule has 0 aliphatic carbocycles. The van der Waals surface area contributed by atoms with E-state index in [0.717, 1.165) is 25.2 Å². The molecule has 138 valence electrons. The predicted octanol–water partition coefficient (Wildman–Crippen LogP) is 2.97. The van der Waals surface area contributed by atoms with Gasteiger partial charge in [-0.25, -0.2) is 0 Å². The number of hydrogen-bond donors (Lipinski definition) is 1. The second-order valence-corrected chi connectivity index (χ2v) is 6.87. The van der Waals surface area contributed by atoms with Gasteiger partial charge < -0.3 is 19.4 Å². The minimum atomic E-state index is -3.68. The summed E-state index contributed by atoms with van der Waals surface area (Å²) >= 11 is 0. The maximum Gasteiger partial charge on any atom is 0.586 e. The first-order valence-electron chi connectivity index (χ1n) is 8.35. The number of nitrogens with one attached hydrogen (secondary N) is 1. The fourth-order valence-corrected chi connectivity index (χ4v) is 4.16. The van der Waals surface area contributed by atoms with Crippen molar-refractivity contribution >= 4 is 12.4 Å². The number of fused-ring (bicyclic) bond motifs is 5. The smallest absolute Gasteiger partial charge is 0.395 e. The van der Waals surface area contributed by atoms with Gasteiger partial charge in [-0.1, -0.05) is 12.1 Å². The number of ether oxygens (including phenoxy) is 2. The van der Waals surface area contributed by atoms with Crippen molar-refractivity contribution in [2.24, 2.45) is 5.92 Å². The lowest BCUT2D eigenvalue weighted by Gasteiger charge is -2.37. The first-order chi connectivity index (χ1) is 12.0. The van der Waals surface area contributed by atoms with Gasteiger partial charge in [-0.05, 0) is 36.6 Å². The van der Waals surface area contributed by atoms with E-state index in [1.807, 2.05) is 10.6 Å². The maximum atomic E-state index is 13.4. The van der Waals surface area contributed by atoms with E-state index < -0.39 is 6.29 Å². The Labute approximate surface area is 154 Å². The third-order valence-electron chi connectivity index (χ3n) is 5.20. The van der Waals surface area contributed by atoms with E-state index >= 15 is 0 Å². The van der Waals surface area contributed by atoms with Crippen LogP contribution in [-0.4, -0.2) is 24.0 Å². The number of aromatic nitrogens is 1. The Kier molecular flexibility index (Phi) is 3.96. The number of hydrogen-bond acceptors (Lipinski definition) is 4. The highest BCUT2D eigenvalue weighted by Gasteiger charge is 2.44. The van der Waals surface area contributed by atoms with Crippen molar-refractivity contribution in [3.63, 3.8) is 0 Å². The number of piperidine rings is 1. The third kappa shape index (κ3) is 2.66. The summed E-state index contributed by atoms with van der Waals surface area (Å²) in [7, 11) is 0. The normalized spacial score (nSPS) is 24.5. The van der Waals surface area contributed by atoms with Gasteiger partial charge in [-0.3, -0.25) is 4.79 Å². The highest BCUT2D eigenvalue weighted by Crippen LogP contribution is 2.47. The van der Waals surface area contributed by atoms with Crippen LogP contribution in [0.25, 0.3) is 11.1 Å². The van der Waals surface area contributed by atoms with Gasteiger partial charge in [0.25, 0.3) is 5.56 Å². The Balaban J connectivity index is 0.00000168. The number of nitrogens with zero attached hydrogens (tertiary/aromatic N) is 1. The number of rotatable bonds is 1. The molecule has 2 bridgehead atoms. The molecule has 1 fully saturated rings. The second-order valence-electron chi connectivity index (χ2n) is 6.87. The number of para-hydroxylation sites is 1. The van der Waals surface area contributed by atoms with Crippen LogP contribution in [0, 0.1) is 5.92 Å². The van der Waals surface area contributed by atoms with Gasteiger partial charge in [-0.2, -0.15) is 0 Å². The zero-order valence-electron chi connectivity index (χ0n) is 13.7. The summed E-state index contributed by atoms with van der Waals surface area (Å²) in [5.41, 5.74) is 1.88. The van der Waals surface area contributed by atoms with E-state index in [-0.39, 0.29) is 35.4 Å². The quantitative estimate of drug-likeness (QED) is 0.824. The molecule has 26 heavy (non-hydrogen) atoms. The summed E-state index contributed by atoms with van der Waals surface area (Å²) < 4.78 is 37.9. The molecule has 5 nitrogen and oxygen atoms in total. The highest BCUT2D eigenvalue weighted by molar-refractivity contribution is 5.85. The zero-order valence-corrected chi connectivity index (χ0v) is 14.5. The summed E-state index contributed by atoms with van der Waals surface area (Å²) in [4.78, 5) is 12.6. The minimum Gasteiger partial charge on any atom is -0.395 e. The molecule has 0 saturated carbocycles. The molecule has 1 saturated heterocycles. The molecule has 1 N–H and O–H groups in total. The number of alkyl halides is 2. The van der Waals surface area contributed by atoms with Gasteiger partial charge in [0.15, 0.2) is 11.5 Å². The molecule has 1 aromatic carbocycles. The second kappa shape index (κ2) is 5.96. The summed E-state index contributed by atoms with van der Waals surface area (Å²) in [6.07, 6.45) is -2.64. The Hall–Kier alpha value is -2.12. The number of benzene rings is 1. The van der Waals surface area contributed by atoms with E-state index in [9.17, 15) is 13.6 Å². The first kappa shape index (κ1) is 17.3. The molecular weight excluding hydrogens is 366 g/mol. The number of pyridine rings is 1. The van der Waals surface area contributed by atoms with Crippen molar-refractivity contribution in [3.8, 4) is 22.6 Å². The molecule has 0 unspecified atom stereocenters. The summed E-state index contributed by atoms with van der Waals surface area (Å²) in [5.74, 6) is 0.689. The van der Waals surface area contributed by atoms with Gasteiger partial charge in [-0.15, -0.1) is 21.2 Å². The highest BCUT2D eigenvalue weighted by atomic mass is 35.5. The molecule has 3 aliphatic heterocycles. The van der Waals surface area contributed by atoms with E-state index in [2.05, 4.69) is 14.8 Å². The summed E-state index contributed by atoms with van der Waals surface area (Å²) in [6.45, 7) is 2.45. The van der Waals surface area contributed by atoms with E-state index in [0.29, 0.717) is 23.6 Å². The van der Waals surface area contributed by atoms with Gasteiger partial charge in [0.1, 0.15) is 0 Å². The van der Waals surface area contributed by atoms with Crippen molar-refractivity contribution in [3.05, 3.63) is 46.4 Å². The molecule has 4 heterocycles. The Morgan fingerprint density at radius 2 is 2.04 bits per heavy atom. The van der Waals surface area contributed by atoms with Gasteiger partial charge in [0, 0.05) is 36.3 Å². The molecule has 0 radical (unpaired) electrons. The fraction of sp³-hybridized carbons (Fsp3) is 0.389. The molecular formula is C18H17ClF2N2O3. The lowest BCUT2D eigenvalue weighted by atomic mass is 9.83. The van der Waals surface area contributed by atoms with E-state index in [4.69, 9.17) is 0 Å². The van der Waals surface area contributed by atoms with Crippen LogP contribution in [0.1, 0.15) is 18.0 Å². The van der Waals surface area contributed by atoms with Crippen LogP contribution in [0.15, 0.2) is 35.1 Å². The lowest BCUT2D eigenvalue weighted by Crippen LogP contribution is -2.44. The molecule has 5 rings (SSSR count). The summed E-state index contributed by atoms with van der Waals surface area (Å²) in [5, 5.41) is 3.40. The van der Waals surface area contributed by atoms with Crippen molar-refractivity contribution in [2.75, 3.05) is 13.1 Å². The van der Waals surface area contributed by atoms with Crippen LogP contribution < -0.4 is 20.3 Å². The van der Waals surface area contributed by atoms with Crippen molar-refractivity contribution in [1.29, 1.82) is 0 Å². The van der Waals surface area contributed by atoms with Gasteiger partial charge in [0.2, 0.25) is 0 Å². The maximum absolute atomic E-state index is 13.4. The van der Waals surface area contributed by atoms with Crippen molar-refractivity contribution in [2.45, 2.75) is 25.2 Å². The SMILES string of the molecule is Cl.O=c1cc(-c2cccc3c2OC(F)(F)O3)cc2n1C[C@@H]1CNC[C@H]2C1. The van der Waals surface area contributed by atoms with Crippen LogP contribution >= 0.6 is 12.4 Å². The van der Waals surface area contributed by atoms with Gasteiger partial charge >= 0.3 is 6.29 Å². The van der Waals surface area contributed by atoms with Crippen LogP contribution in [0.5, 0.6) is 11.5 Å². The van der Waals surface area contributed by atoms with Crippen LogP contribution in [0.3, 0.4) is 0 Å². The largest absolute Gasteiger partial charge is 0.586 e. The van der Waals surface area contributed by atoms with Crippen molar-refractivity contribution in [1.82, 2.24) is 9.88 Å². The van der Waals surface area contributed by atoms with E-state index in [1.54, 1.807) is 12.1 Å². The summed E-state index contributed by atoms with van der Waals surface area (Å²) in [6, 6.07) is 8.13. The molecule has 2 aromatic rings. The average molecular weight is 383 g/mol. The first-order valence-corrected chi connectivity index (χ1v) is 8.35. The minimum absolute atomic E-state index is 0. The molecule has 0 amide bonds. The Bertz CT molecular complexity index is 931. The molecule has 0 spiro atoms. The van der Waals surface area contributed by atoms with Crippen LogP contribution in [0.2, 0.25) is 0 Å². The molecule has 3 aliphatic rings. The average Bonchev–Trinajstić information content (AvgIpc) is 2.89. The van der Waals surface area contributed by atoms with Crippen LogP contribution in [0.4, 0.5) is 8.78 Å².